The Morgan fingerprint density at radius 1 is 1.07 bits per heavy atom. The summed E-state index contributed by atoms with van der Waals surface area (Å²) < 4.78 is 16.4. The minimum atomic E-state index is -0.367. The maximum Gasteiger partial charge on any atom is 0.275 e. The average molecular weight is 409 g/mol. The van der Waals surface area contributed by atoms with Gasteiger partial charge in [-0.15, -0.1) is 0 Å². The average Bonchev–Trinajstić information content (AvgIpc) is 3.21. The fourth-order valence-corrected chi connectivity index (χ4v) is 2.87. The molecule has 0 saturated carbocycles. The molecule has 29 heavy (non-hydrogen) atoms. The minimum Gasteiger partial charge on any atom is -0.488 e. The number of nitrogens with zero attached hydrogens (tertiary/aromatic N) is 1. The van der Waals surface area contributed by atoms with Crippen LogP contribution in [0.3, 0.4) is 0 Å². The van der Waals surface area contributed by atoms with Gasteiger partial charge in [-0.05, 0) is 53.6 Å². The third kappa shape index (κ3) is 4.67. The van der Waals surface area contributed by atoms with E-state index in [9.17, 15) is 4.79 Å². The summed E-state index contributed by atoms with van der Waals surface area (Å²) in [7, 11) is 0. The molecule has 7 heteroatoms. The van der Waals surface area contributed by atoms with Gasteiger partial charge in [0, 0.05) is 5.02 Å². The molecule has 1 N–H and O–H groups in total. The molecule has 0 radical (unpaired) electrons. The molecule has 3 aromatic carbocycles. The van der Waals surface area contributed by atoms with Gasteiger partial charge < -0.3 is 14.2 Å². The van der Waals surface area contributed by atoms with Gasteiger partial charge in [0.1, 0.15) is 12.4 Å². The van der Waals surface area contributed by atoms with Gasteiger partial charge >= 0.3 is 0 Å². The lowest BCUT2D eigenvalue weighted by Gasteiger charge is -2.10. The number of hydrogen-bond acceptors (Lipinski definition) is 5. The van der Waals surface area contributed by atoms with Crippen molar-refractivity contribution in [1.29, 1.82) is 0 Å². The Hall–Kier alpha value is -3.51. The number of ether oxygens (including phenoxy) is 3. The second-order valence-corrected chi connectivity index (χ2v) is 6.66. The van der Waals surface area contributed by atoms with E-state index in [1.54, 1.807) is 42.5 Å². The first-order valence-electron chi connectivity index (χ1n) is 8.88. The van der Waals surface area contributed by atoms with Crippen LogP contribution in [0.15, 0.2) is 71.8 Å². The van der Waals surface area contributed by atoms with Crippen molar-refractivity contribution < 1.29 is 19.0 Å². The maximum atomic E-state index is 12.5. The smallest absolute Gasteiger partial charge is 0.275 e. The number of hydrogen-bond donors (Lipinski definition) is 1. The third-order valence-electron chi connectivity index (χ3n) is 4.22. The predicted octanol–water partition coefficient (Wildman–Crippen LogP) is 4.41. The Labute approximate surface area is 172 Å². The van der Waals surface area contributed by atoms with E-state index >= 15 is 0 Å². The molecule has 0 aliphatic carbocycles. The van der Waals surface area contributed by atoms with Gasteiger partial charge in [0.25, 0.3) is 5.91 Å². The molecule has 1 amide bonds. The number of carbonyl (C=O) groups is 1. The first-order chi connectivity index (χ1) is 14.2. The van der Waals surface area contributed by atoms with E-state index in [0.717, 1.165) is 11.1 Å². The Balaban J connectivity index is 1.40. The van der Waals surface area contributed by atoms with Crippen LogP contribution in [-0.2, 0) is 6.61 Å². The van der Waals surface area contributed by atoms with Gasteiger partial charge in [0.2, 0.25) is 6.79 Å². The topological polar surface area (TPSA) is 69.2 Å². The van der Waals surface area contributed by atoms with Crippen molar-refractivity contribution in [2.75, 3.05) is 6.79 Å². The number of benzene rings is 3. The van der Waals surface area contributed by atoms with E-state index in [-0.39, 0.29) is 12.7 Å². The molecular formula is C22H17ClN2O4. The summed E-state index contributed by atoms with van der Waals surface area (Å²) in [5.74, 6) is 1.45. The molecule has 1 aliphatic heterocycles. The summed E-state index contributed by atoms with van der Waals surface area (Å²) in [5, 5.41) is 4.68. The molecule has 3 aromatic rings. The summed E-state index contributed by atoms with van der Waals surface area (Å²) in [4.78, 5) is 12.5. The number of fused-ring (bicyclic) bond motifs is 1. The Kier molecular flexibility index (Phi) is 5.63. The van der Waals surface area contributed by atoms with Gasteiger partial charge in [-0.2, -0.15) is 5.10 Å². The number of carbonyl (C=O) groups excluding carboxylic acids is 1. The zero-order chi connectivity index (χ0) is 20.1. The van der Waals surface area contributed by atoms with Gasteiger partial charge in [-0.25, -0.2) is 5.43 Å². The summed E-state index contributed by atoms with van der Waals surface area (Å²) in [6.45, 7) is 0.529. The molecule has 0 bridgehead atoms. The zero-order valence-electron chi connectivity index (χ0n) is 15.3. The van der Waals surface area contributed by atoms with Crippen molar-refractivity contribution in [2.45, 2.75) is 6.61 Å². The number of hydrazone groups is 1. The molecule has 0 aromatic heterocycles. The Bertz CT molecular complexity index is 1050. The summed E-state index contributed by atoms with van der Waals surface area (Å²) in [6.07, 6.45) is 1.54. The number of para-hydroxylation sites is 1. The molecule has 6 nitrogen and oxygen atoms in total. The van der Waals surface area contributed by atoms with E-state index in [0.29, 0.717) is 34.4 Å². The highest BCUT2D eigenvalue weighted by atomic mass is 35.5. The van der Waals surface area contributed by atoms with Crippen molar-refractivity contribution in [3.05, 3.63) is 88.4 Å². The lowest BCUT2D eigenvalue weighted by molar-refractivity contribution is 0.0950. The van der Waals surface area contributed by atoms with Crippen LogP contribution in [0.4, 0.5) is 0 Å². The minimum absolute atomic E-state index is 0.208. The molecule has 146 valence electrons. The van der Waals surface area contributed by atoms with Crippen molar-refractivity contribution >= 4 is 23.7 Å². The number of halogens is 1. The van der Waals surface area contributed by atoms with E-state index < -0.39 is 0 Å². The Morgan fingerprint density at radius 3 is 2.72 bits per heavy atom. The number of nitrogens with one attached hydrogen (secondary N) is 1. The molecule has 0 spiro atoms. The molecule has 0 saturated heterocycles. The van der Waals surface area contributed by atoms with Gasteiger partial charge in [0.05, 0.1) is 11.8 Å². The van der Waals surface area contributed by atoms with Crippen molar-refractivity contribution in [3.8, 4) is 17.2 Å². The van der Waals surface area contributed by atoms with E-state index in [1.165, 1.54) is 6.21 Å². The van der Waals surface area contributed by atoms with Gasteiger partial charge in [-0.3, -0.25) is 4.79 Å². The van der Waals surface area contributed by atoms with Crippen molar-refractivity contribution in [2.24, 2.45) is 5.10 Å². The Morgan fingerprint density at radius 2 is 1.86 bits per heavy atom. The lowest BCUT2D eigenvalue weighted by Crippen LogP contribution is -2.18. The highest BCUT2D eigenvalue weighted by Crippen LogP contribution is 2.32. The van der Waals surface area contributed by atoms with E-state index in [2.05, 4.69) is 10.5 Å². The van der Waals surface area contributed by atoms with Crippen molar-refractivity contribution in [1.82, 2.24) is 5.43 Å². The first kappa shape index (κ1) is 18.8. The molecular weight excluding hydrogens is 392 g/mol. The molecule has 0 fully saturated rings. The molecule has 1 aliphatic rings. The largest absolute Gasteiger partial charge is 0.488 e. The quantitative estimate of drug-likeness (QED) is 0.484. The zero-order valence-corrected chi connectivity index (χ0v) is 16.1. The fourth-order valence-electron chi connectivity index (χ4n) is 2.74. The van der Waals surface area contributed by atoms with Gasteiger partial charge in [-0.1, -0.05) is 35.9 Å². The van der Waals surface area contributed by atoms with Crippen LogP contribution in [0.5, 0.6) is 17.2 Å². The lowest BCUT2D eigenvalue weighted by atomic mass is 10.2. The molecule has 1 heterocycles. The highest BCUT2D eigenvalue weighted by Gasteiger charge is 2.13. The fraction of sp³-hybridized carbons (Fsp3) is 0.0909. The number of amides is 1. The maximum absolute atomic E-state index is 12.5. The predicted molar refractivity (Wildman–Crippen MR) is 110 cm³/mol. The molecule has 0 atom stereocenters. The molecule has 0 unspecified atom stereocenters. The van der Waals surface area contributed by atoms with Crippen LogP contribution < -0.4 is 19.6 Å². The highest BCUT2D eigenvalue weighted by molar-refractivity contribution is 6.30. The second-order valence-electron chi connectivity index (χ2n) is 6.22. The standard InChI is InChI=1S/C22H17ClN2O4/c23-17-8-5-15(6-9-17)13-27-19-4-2-1-3-18(19)22(26)25-24-12-16-7-10-20-21(11-16)29-14-28-20/h1-12H,13-14H2,(H,25,26)/b24-12+. The van der Waals surface area contributed by atoms with Crippen LogP contribution >= 0.6 is 11.6 Å². The number of rotatable bonds is 6. The summed E-state index contributed by atoms with van der Waals surface area (Å²) >= 11 is 5.90. The summed E-state index contributed by atoms with van der Waals surface area (Å²) in [5.41, 5.74) is 4.64. The summed E-state index contributed by atoms with van der Waals surface area (Å²) in [6, 6.07) is 19.8. The van der Waals surface area contributed by atoms with Crippen molar-refractivity contribution in [3.63, 3.8) is 0 Å². The van der Waals surface area contributed by atoms with E-state index in [4.69, 9.17) is 25.8 Å². The van der Waals surface area contributed by atoms with Crippen LogP contribution in [0.1, 0.15) is 21.5 Å². The van der Waals surface area contributed by atoms with Gasteiger partial charge in [0.15, 0.2) is 11.5 Å². The third-order valence-corrected chi connectivity index (χ3v) is 4.47. The SMILES string of the molecule is O=C(N/N=C/c1ccc2c(c1)OCO2)c1ccccc1OCc1ccc(Cl)cc1. The van der Waals surface area contributed by atoms with Crippen LogP contribution in [0.25, 0.3) is 0 Å². The van der Waals surface area contributed by atoms with Crippen LogP contribution in [0, 0.1) is 0 Å². The second kappa shape index (κ2) is 8.67. The molecule has 4 rings (SSSR count). The monoisotopic (exact) mass is 408 g/mol. The van der Waals surface area contributed by atoms with Crippen LogP contribution in [-0.4, -0.2) is 18.9 Å². The normalized spacial score (nSPS) is 12.2. The van der Waals surface area contributed by atoms with E-state index in [1.807, 2.05) is 24.3 Å². The first-order valence-corrected chi connectivity index (χ1v) is 9.26. The van der Waals surface area contributed by atoms with Crippen LogP contribution in [0.2, 0.25) is 5.02 Å².